The number of rotatable bonds is 26. The van der Waals surface area contributed by atoms with Crippen molar-refractivity contribution >= 4 is 49.5 Å². The quantitative estimate of drug-likeness (QED) is 0.0326. The number of carbonyl (C=O) groups excluding carboxylic acids is 6. The number of nitrogens with zero attached hydrogens (tertiary/aromatic N) is 3. The zero-order chi connectivity index (χ0) is 44.3. The molecule has 21 nitrogen and oxygen atoms in total. The lowest BCUT2D eigenvalue weighted by Crippen LogP contribution is -2.61. The molecule has 0 aliphatic carbocycles. The van der Waals surface area contributed by atoms with Crippen LogP contribution in [0.1, 0.15) is 65.6 Å². The molecule has 0 saturated carbocycles. The summed E-state index contributed by atoms with van der Waals surface area (Å²) >= 11 is 0. The second-order valence-corrected chi connectivity index (χ2v) is 15.7. The monoisotopic (exact) mass is 851 g/mol. The molecule has 0 spiro atoms. The summed E-state index contributed by atoms with van der Waals surface area (Å²) in [5.74, 6) is -5.53. The number of amides is 6. The Morgan fingerprint density at radius 3 is 2.10 bits per heavy atom. The molecule has 0 fully saturated rings. The number of oxime groups is 1. The first kappa shape index (κ1) is 49.9. The Morgan fingerprint density at radius 1 is 0.932 bits per heavy atom. The van der Waals surface area contributed by atoms with Crippen LogP contribution in [0.2, 0.25) is 0 Å². The van der Waals surface area contributed by atoms with Crippen LogP contribution >= 0.6 is 7.82 Å². The van der Waals surface area contributed by atoms with E-state index in [9.17, 15) is 38.4 Å². The Kier molecular flexibility index (Phi) is 20.9. The molecule has 22 heteroatoms. The van der Waals surface area contributed by atoms with Gasteiger partial charge in [-0.1, -0.05) is 56.3 Å². The highest BCUT2D eigenvalue weighted by molar-refractivity contribution is 7.46. The second-order valence-electron chi connectivity index (χ2n) is 14.5. The average molecular weight is 852 g/mol. The van der Waals surface area contributed by atoms with Crippen molar-refractivity contribution in [2.24, 2.45) is 22.7 Å². The molecule has 0 aliphatic rings. The van der Waals surface area contributed by atoms with Crippen LogP contribution in [0.3, 0.4) is 0 Å². The number of phosphoric ester groups is 1. The van der Waals surface area contributed by atoms with Crippen LogP contribution in [0.15, 0.2) is 48.0 Å². The summed E-state index contributed by atoms with van der Waals surface area (Å²) in [5.41, 5.74) is 6.85. The second kappa shape index (κ2) is 24.7. The molecule has 1 heterocycles. The standard InChI is InChI=1S/C37H58N9O12P/c1-22(2)15-29(42-34(50)24(4)46(26(6)48)18-23(3)20-57-41-14-10-13-27-11-8-7-9-12-27)35(51)43-30(16-28-17-39-21-40-28)36(52)44-31(19-47)37(53)45-32(33(38)49)25(5)58-59(54,55)56/h7-9,11-12,14,17,21-25,29-32,47H,10,13,15-16,18-20H2,1-6H3,(H2,38,49)(H,39,40)(H,42,50)(H,43,51)(H,44,52)(H,45,53)(H2,54,55,56). The Balaban J connectivity index is 2.15. The van der Waals surface area contributed by atoms with Crippen LogP contribution < -0.4 is 27.0 Å². The van der Waals surface area contributed by atoms with Crippen molar-refractivity contribution in [2.45, 2.75) is 104 Å². The highest BCUT2D eigenvalue weighted by Gasteiger charge is 2.35. The highest BCUT2D eigenvalue weighted by atomic mass is 31.2. The van der Waals surface area contributed by atoms with Gasteiger partial charge in [0.2, 0.25) is 35.4 Å². The van der Waals surface area contributed by atoms with Crippen molar-refractivity contribution in [1.82, 2.24) is 36.1 Å². The fourth-order valence-corrected chi connectivity index (χ4v) is 6.31. The van der Waals surface area contributed by atoms with Gasteiger partial charge in [0.05, 0.1) is 19.0 Å². The van der Waals surface area contributed by atoms with Gasteiger partial charge in [-0.05, 0) is 44.6 Å². The van der Waals surface area contributed by atoms with Gasteiger partial charge in [0.1, 0.15) is 36.8 Å². The number of nitrogens with one attached hydrogen (secondary N) is 5. The summed E-state index contributed by atoms with van der Waals surface area (Å²) in [6, 6.07) is 2.76. The number of aryl methyl sites for hydroxylation is 1. The number of H-pyrrole nitrogens is 1. The van der Waals surface area contributed by atoms with E-state index in [1.807, 2.05) is 51.1 Å². The summed E-state index contributed by atoms with van der Waals surface area (Å²) in [7, 11) is -5.11. The van der Waals surface area contributed by atoms with Gasteiger partial charge in [-0.25, -0.2) is 9.55 Å². The highest BCUT2D eigenvalue weighted by Crippen LogP contribution is 2.38. The van der Waals surface area contributed by atoms with Gasteiger partial charge in [-0.3, -0.25) is 33.3 Å². The number of aromatic nitrogens is 2. The SMILES string of the molecule is CC(=O)N(CC(C)CON=CCCc1ccccc1)C(C)C(=O)NC(CC(C)C)C(=O)NC(Cc1cnc[nH]1)C(=O)NC(CO)C(=O)NC(C(N)=O)C(C)OP(=O)(O)O. The van der Waals surface area contributed by atoms with Gasteiger partial charge in [-0.2, -0.15) is 0 Å². The fourth-order valence-electron chi connectivity index (χ4n) is 5.75. The topological polar surface area (TPSA) is 317 Å². The van der Waals surface area contributed by atoms with Crippen molar-refractivity contribution < 1.29 is 57.6 Å². The lowest BCUT2D eigenvalue weighted by molar-refractivity contribution is -0.140. The molecule has 0 radical (unpaired) electrons. The Labute approximate surface area is 342 Å². The van der Waals surface area contributed by atoms with E-state index in [0.29, 0.717) is 12.1 Å². The number of hydrogen-bond donors (Lipinski definition) is 9. The number of carbonyl (C=O) groups is 6. The van der Waals surface area contributed by atoms with E-state index in [2.05, 4.69) is 40.9 Å². The van der Waals surface area contributed by atoms with Crippen molar-refractivity contribution in [2.75, 3.05) is 19.8 Å². The molecule has 0 bridgehead atoms. The van der Waals surface area contributed by atoms with Crippen LogP contribution in [0, 0.1) is 11.8 Å². The minimum Gasteiger partial charge on any atom is -0.396 e. The summed E-state index contributed by atoms with van der Waals surface area (Å²) in [4.78, 5) is 111. The number of phosphoric acid groups is 1. The minimum atomic E-state index is -5.11. The summed E-state index contributed by atoms with van der Waals surface area (Å²) in [5, 5.41) is 23.7. The van der Waals surface area contributed by atoms with Gasteiger partial charge >= 0.3 is 7.82 Å². The predicted octanol–water partition coefficient (Wildman–Crippen LogP) is -0.579. The smallest absolute Gasteiger partial charge is 0.396 e. The van der Waals surface area contributed by atoms with Crippen molar-refractivity contribution in [1.29, 1.82) is 0 Å². The van der Waals surface area contributed by atoms with E-state index < -0.39 is 80.3 Å². The summed E-state index contributed by atoms with van der Waals surface area (Å²) in [6.07, 6.45) is 4.18. The number of aliphatic hydroxyl groups excluding tert-OH is 1. The zero-order valence-electron chi connectivity index (χ0n) is 34.1. The largest absolute Gasteiger partial charge is 0.469 e. The molecule has 0 aliphatic heterocycles. The minimum absolute atomic E-state index is 0.125. The molecule has 2 rings (SSSR count). The summed E-state index contributed by atoms with van der Waals surface area (Å²) < 4.78 is 15.7. The molecule has 0 saturated heterocycles. The number of aliphatic hydroxyl groups is 1. The van der Waals surface area contributed by atoms with Crippen LogP contribution in [0.25, 0.3) is 0 Å². The van der Waals surface area contributed by atoms with Gasteiger partial charge in [0.25, 0.3) is 0 Å². The van der Waals surface area contributed by atoms with E-state index in [1.54, 1.807) is 6.21 Å². The van der Waals surface area contributed by atoms with E-state index in [4.69, 9.17) is 20.4 Å². The molecule has 2 aromatic rings. The van der Waals surface area contributed by atoms with Crippen LogP contribution in [0.4, 0.5) is 0 Å². The zero-order valence-corrected chi connectivity index (χ0v) is 35.0. The third kappa shape index (κ3) is 18.5. The van der Waals surface area contributed by atoms with Crippen LogP contribution in [-0.4, -0.2) is 127 Å². The maximum Gasteiger partial charge on any atom is 0.469 e. The first-order valence-electron chi connectivity index (χ1n) is 19.0. The fraction of sp³-hybridized carbons (Fsp3) is 0.568. The Bertz CT molecular complexity index is 1740. The molecular weight excluding hydrogens is 793 g/mol. The summed E-state index contributed by atoms with van der Waals surface area (Å²) in [6.45, 7) is 8.67. The lowest BCUT2D eigenvalue weighted by Gasteiger charge is -2.31. The van der Waals surface area contributed by atoms with Crippen LogP contribution in [-0.2, 0) is 55.5 Å². The molecule has 10 N–H and O–H groups in total. The van der Waals surface area contributed by atoms with E-state index in [-0.39, 0.29) is 43.7 Å². The van der Waals surface area contributed by atoms with Gasteiger partial charge in [-0.15, -0.1) is 0 Å². The number of primary amides is 1. The predicted molar refractivity (Wildman–Crippen MR) is 214 cm³/mol. The number of aromatic amines is 1. The van der Waals surface area contributed by atoms with Crippen molar-refractivity contribution in [3.8, 4) is 0 Å². The van der Waals surface area contributed by atoms with Gasteiger partial charge in [0, 0.05) is 43.9 Å². The maximum absolute atomic E-state index is 13.8. The third-order valence-corrected chi connectivity index (χ3v) is 9.42. The maximum atomic E-state index is 13.8. The first-order valence-corrected chi connectivity index (χ1v) is 20.5. The first-order chi connectivity index (χ1) is 27.7. The number of nitrogens with two attached hydrogens (primary N) is 1. The van der Waals surface area contributed by atoms with Gasteiger partial charge in [0.15, 0.2) is 0 Å². The van der Waals surface area contributed by atoms with Crippen molar-refractivity contribution in [3.05, 3.63) is 54.1 Å². The third-order valence-electron chi connectivity index (χ3n) is 8.82. The molecule has 1 aromatic carbocycles. The Hall–Kier alpha value is -5.21. The normalized spacial score (nSPS) is 15.2. The van der Waals surface area contributed by atoms with E-state index in [1.165, 1.54) is 36.8 Å². The van der Waals surface area contributed by atoms with E-state index in [0.717, 1.165) is 13.3 Å². The molecule has 7 atom stereocenters. The molecule has 59 heavy (non-hydrogen) atoms. The lowest BCUT2D eigenvalue weighted by atomic mass is 10.0. The average Bonchev–Trinajstić information content (AvgIpc) is 3.67. The molecule has 6 amide bonds. The van der Waals surface area contributed by atoms with Crippen molar-refractivity contribution in [3.63, 3.8) is 0 Å². The Morgan fingerprint density at radius 2 is 1.54 bits per heavy atom. The number of benzene rings is 1. The number of hydrogen-bond acceptors (Lipinski definition) is 12. The van der Waals surface area contributed by atoms with Gasteiger partial charge < -0.3 is 56.6 Å². The number of imidazole rings is 1. The molecule has 1 aromatic heterocycles. The molecule has 7 unspecified atom stereocenters. The molecule has 328 valence electrons. The van der Waals surface area contributed by atoms with E-state index >= 15 is 0 Å². The van der Waals surface area contributed by atoms with Crippen LogP contribution in [0.5, 0.6) is 0 Å². The molecular formula is C37H58N9O12P.